The number of benzene rings is 1. The van der Waals surface area contributed by atoms with Gasteiger partial charge in [-0.25, -0.2) is 15.0 Å². The van der Waals surface area contributed by atoms with E-state index in [-0.39, 0.29) is 6.54 Å². The van der Waals surface area contributed by atoms with Crippen LogP contribution in [0.3, 0.4) is 0 Å². The molecule has 1 aromatic carbocycles. The highest BCUT2D eigenvalue weighted by atomic mass is 35.5. The zero-order chi connectivity index (χ0) is 19.0. The Kier molecular flexibility index (Phi) is 4.68. The molecule has 0 spiro atoms. The Hall–Kier alpha value is -2.69. The first-order valence-corrected chi connectivity index (χ1v) is 9.26. The van der Waals surface area contributed by atoms with Crippen LogP contribution in [0.25, 0.3) is 22.6 Å². The molecule has 0 saturated carbocycles. The Morgan fingerprint density at radius 3 is 2.56 bits per heavy atom. The highest BCUT2D eigenvalue weighted by Gasteiger charge is 2.24. The maximum Gasteiger partial charge on any atom is 0.167 e. The van der Waals surface area contributed by atoms with Crippen LogP contribution in [0.5, 0.6) is 0 Å². The first-order chi connectivity index (χ1) is 13.1. The molecule has 0 atom stereocenters. The van der Waals surface area contributed by atoms with E-state index >= 15 is 0 Å². The van der Waals surface area contributed by atoms with Crippen molar-refractivity contribution >= 4 is 28.6 Å². The van der Waals surface area contributed by atoms with Gasteiger partial charge in [0.2, 0.25) is 0 Å². The number of fused-ring (bicyclic) bond motifs is 1. The molecule has 0 N–H and O–H groups in total. The summed E-state index contributed by atoms with van der Waals surface area (Å²) in [7, 11) is 2.12. The number of hydrogen-bond acceptors (Lipinski definition) is 6. The van der Waals surface area contributed by atoms with Gasteiger partial charge in [0.05, 0.1) is 11.1 Å². The van der Waals surface area contributed by atoms with E-state index in [0.717, 1.165) is 43.1 Å². The highest BCUT2D eigenvalue weighted by Crippen LogP contribution is 2.32. The van der Waals surface area contributed by atoms with Gasteiger partial charge in [0.15, 0.2) is 17.0 Å². The summed E-state index contributed by atoms with van der Waals surface area (Å²) in [4.78, 5) is 18.7. The van der Waals surface area contributed by atoms with Gasteiger partial charge in [-0.05, 0) is 26.1 Å². The first kappa shape index (κ1) is 17.7. The lowest BCUT2D eigenvalue weighted by atomic mass is 10.2. The van der Waals surface area contributed by atoms with Gasteiger partial charge in [-0.3, -0.25) is 4.57 Å². The van der Waals surface area contributed by atoms with E-state index in [1.807, 2.05) is 35.8 Å². The summed E-state index contributed by atoms with van der Waals surface area (Å²) in [6.07, 6.45) is 0. The second-order valence-electron chi connectivity index (χ2n) is 6.72. The van der Waals surface area contributed by atoms with Crippen LogP contribution in [0.15, 0.2) is 24.3 Å². The smallest absolute Gasteiger partial charge is 0.167 e. The molecule has 1 aliphatic heterocycles. The largest absolute Gasteiger partial charge is 0.352 e. The number of aromatic nitrogens is 4. The quantitative estimate of drug-likeness (QED) is 0.694. The molecule has 27 heavy (non-hydrogen) atoms. The molecule has 3 heterocycles. The normalized spacial score (nSPS) is 15.3. The molecule has 0 bridgehead atoms. The second-order valence-corrected chi connectivity index (χ2v) is 7.12. The summed E-state index contributed by atoms with van der Waals surface area (Å²) in [5, 5.41) is 9.96. The van der Waals surface area contributed by atoms with Crippen LogP contribution in [0.4, 0.5) is 5.82 Å². The Bertz CT molecular complexity index is 1030. The Labute approximate surface area is 162 Å². The van der Waals surface area contributed by atoms with Crippen molar-refractivity contribution in [3.8, 4) is 17.5 Å². The summed E-state index contributed by atoms with van der Waals surface area (Å²) >= 11 is 6.41. The minimum absolute atomic E-state index is 0.148. The number of nitriles is 1. The molecule has 1 saturated heterocycles. The Morgan fingerprint density at radius 2 is 1.85 bits per heavy atom. The molecular weight excluding hydrogens is 362 g/mol. The number of anilines is 1. The number of rotatable bonds is 3. The standard InChI is InChI=1S/C19H20ClN7/c1-13-22-18(26-11-9-25(2)10-12-26)16-19(23-13)27(8-7-21)17(24-16)14-5-3-4-6-15(14)20/h3-6H,8-12H2,1-2H3. The SMILES string of the molecule is Cc1nc(N2CCN(C)CC2)c2nc(-c3ccccc3Cl)n(CC#N)c2n1. The summed E-state index contributed by atoms with van der Waals surface area (Å²) in [6, 6.07) is 9.74. The lowest BCUT2D eigenvalue weighted by Crippen LogP contribution is -2.45. The fourth-order valence-corrected chi connectivity index (χ4v) is 3.62. The third-order valence-electron chi connectivity index (χ3n) is 4.83. The molecule has 8 heteroatoms. The van der Waals surface area contributed by atoms with Crippen LogP contribution in [0.1, 0.15) is 5.82 Å². The van der Waals surface area contributed by atoms with Gasteiger partial charge in [0.1, 0.15) is 18.2 Å². The van der Waals surface area contributed by atoms with E-state index in [1.165, 1.54) is 0 Å². The van der Waals surface area contributed by atoms with Crippen molar-refractivity contribution in [2.24, 2.45) is 0 Å². The van der Waals surface area contributed by atoms with Crippen molar-refractivity contribution < 1.29 is 0 Å². The number of hydrogen-bond donors (Lipinski definition) is 0. The Morgan fingerprint density at radius 1 is 1.11 bits per heavy atom. The monoisotopic (exact) mass is 381 g/mol. The highest BCUT2D eigenvalue weighted by molar-refractivity contribution is 6.33. The van der Waals surface area contributed by atoms with Gasteiger partial charge in [0.25, 0.3) is 0 Å². The summed E-state index contributed by atoms with van der Waals surface area (Å²) in [6.45, 7) is 5.73. The van der Waals surface area contributed by atoms with Crippen molar-refractivity contribution in [2.75, 3.05) is 38.1 Å². The van der Waals surface area contributed by atoms with E-state index < -0.39 is 0 Å². The first-order valence-electron chi connectivity index (χ1n) is 8.88. The zero-order valence-corrected chi connectivity index (χ0v) is 16.1. The van der Waals surface area contributed by atoms with Gasteiger partial charge >= 0.3 is 0 Å². The molecule has 1 fully saturated rings. The molecule has 4 rings (SSSR count). The summed E-state index contributed by atoms with van der Waals surface area (Å²) in [5.41, 5.74) is 2.18. The van der Waals surface area contributed by atoms with E-state index in [2.05, 4.69) is 32.9 Å². The van der Waals surface area contributed by atoms with Crippen LogP contribution < -0.4 is 4.90 Å². The molecule has 0 amide bonds. The van der Waals surface area contributed by atoms with Crippen LogP contribution >= 0.6 is 11.6 Å². The maximum absolute atomic E-state index is 9.36. The van der Waals surface area contributed by atoms with Gasteiger partial charge in [-0.2, -0.15) is 5.26 Å². The summed E-state index contributed by atoms with van der Waals surface area (Å²) in [5.74, 6) is 2.14. The zero-order valence-electron chi connectivity index (χ0n) is 15.4. The maximum atomic E-state index is 9.36. The number of imidazole rings is 1. The molecule has 0 unspecified atom stereocenters. The molecule has 7 nitrogen and oxygen atoms in total. The van der Waals surface area contributed by atoms with Crippen LogP contribution in [0, 0.1) is 18.3 Å². The minimum atomic E-state index is 0.148. The molecule has 138 valence electrons. The lowest BCUT2D eigenvalue weighted by molar-refractivity contribution is 0.312. The van der Waals surface area contributed by atoms with E-state index in [9.17, 15) is 5.26 Å². The number of likely N-dealkylation sites (N-methyl/N-ethyl adjacent to an activating group) is 1. The number of halogens is 1. The van der Waals surface area contributed by atoms with Crippen molar-refractivity contribution in [1.82, 2.24) is 24.4 Å². The van der Waals surface area contributed by atoms with Gasteiger partial charge in [0, 0.05) is 31.7 Å². The molecule has 0 radical (unpaired) electrons. The van der Waals surface area contributed by atoms with E-state index in [0.29, 0.717) is 22.3 Å². The molecular formula is C19H20ClN7. The van der Waals surface area contributed by atoms with Crippen LogP contribution in [-0.4, -0.2) is 57.6 Å². The Balaban J connectivity index is 1.93. The molecule has 0 aliphatic carbocycles. The molecule has 3 aromatic rings. The predicted octanol–water partition coefficient (Wildman–Crippen LogP) is 2.73. The summed E-state index contributed by atoms with van der Waals surface area (Å²) < 4.78 is 1.82. The molecule has 2 aromatic heterocycles. The van der Waals surface area contributed by atoms with Gasteiger partial charge < -0.3 is 9.80 Å². The van der Waals surface area contributed by atoms with Gasteiger partial charge in [-0.1, -0.05) is 23.7 Å². The van der Waals surface area contributed by atoms with Crippen molar-refractivity contribution in [1.29, 1.82) is 5.26 Å². The number of piperazine rings is 1. The minimum Gasteiger partial charge on any atom is -0.352 e. The fraction of sp³-hybridized carbons (Fsp3) is 0.368. The lowest BCUT2D eigenvalue weighted by Gasteiger charge is -2.33. The fourth-order valence-electron chi connectivity index (χ4n) is 3.40. The topological polar surface area (TPSA) is 73.9 Å². The van der Waals surface area contributed by atoms with Crippen molar-refractivity contribution in [2.45, 2.75) is 13.5 Å². The average Bonchev–Trinajstić information content (AvgIpc) is 3.01. The van der Waals surface area contributed by atoms with Crippen LogP contribution in [0.2, 0.25) is 5.02 Å². The number of nitrogens with zero attached hydrogens (tertiary/aromatic N) is 7. The number of aryl methyl sites for hydroxylation is 1. The van der Waals surface area contributed by atoms with Crippen LogP contribution in [-0.2, 0) is 6.54 Å². The third kappa shape index (κ3) is 3.22. The van der Waals surface area contributed by atoms with Crippen molar-refractivity contribution in [3.63, 3.8) is 0 Å². The van der Waals surface area contributed by atoms with E-state index in [1.54, 1.807) is 0 Å². The van der Waals surface area contributed by atoms with Crippen molar-refractivity contribution in [3.05, 3.63) is 35.1 Å². The predicted molar refractivity (Wildman–Crippen MR) is 106 cm³/mol. The average molecular weight is 382 g/mol. The van der Waals surface area contributed by atoms with Gasteiger partial charge in [-0.15, -0.1) is 0 Å². The second kappa shape index (κ2) is 7.14. The third-order valence-corrected chi connectivity index (χ3v) is 5.16. The molecule has 1 aliphatic rings. The van der Waals surface area contributed by atoms with E-state index in [4.69, 9.17) is 16.6 Å².